The number of hydrogen-bond acceptors (Lipinski definition) is 5. The Kier molecular flexibility index (Phi) is 5.07. The Balaban J connectivity index is 1.56. The van der Waals surface area contributed by atoms with Crippen molar-refractivity contribution in [3.63, 3.8) is 0 Å². The Hall–Kier alpha value is -1.03. The first kappa shape index (κ1) is 15.9. The summed E-state index contributed by atoms with van der Waals surface area (Å²) in [5, 5.41) is 8.10. The molecular weight excluding hydrogens is 306 g/mol. The monoisotopic (exact) mass is 329 g/mol. The summed E-state index contributed by atoms with van der Waals surface area (Å²) in [6, 6.07) is 0.212. The molecule has 2 saturated heterocycles. The predicted octanol–water partition coefficient (Wildman–Crippen LogP) is 0.450. The van der Waals surface area contributed by atoms with E-state index in [1.54, 1.807) is 10.9 Å². The Morgan fingerprint density at radius 3 is 2.73 bits per heavy atom. The van der Waals surface area contributed by atoms with E-state index >= 15 is 0 Å². The molecule has 1 aromatic heterocycles. The van der Waals surface area contributed by atoms with Crippen molar-refractivity contribution in [3.8, 4) is 0 Å². The molecule has 8 nitrogen and oxygen atoms in total. The second-order valence-electron chi connectivity index (χ2n) is 5.85. The van der Waals surface area contributed by atoms with Gasteiger partial charge in [0, 0.05) is 19.7 Å². The Bertz CT molecular complexity index is 574. The molecule has 2 aliphatic rings. The Labute approximate surface area is 131 Å². The second-order valence-corrected chi connectivity index (χ2v) is 7.60. The molecule has 1 atom stereocenters. The lowest BCUT2D eigenvalue weighted by Crippen LogP contribution is -2.40. The summed E-state index contributed by atoms with van der Waals surface area (Å²) in [5.41, 5.74) is 0.630. The Morgan fingerprint density at radius 2 is 2.05 bits per heavy atom. The third kappa shape index (κ3) is 3.83. The molecule has 0 aliphatic carbocycles. The average molecular weight is 329 g/mol. The summed E-state index contributed by atoms with van der Waals surface area (Å²) in [4.78, 5) is 0. The number of rotatable bonds is 5. The van der Waals surface area contributed by atoms with Crippen LogP contribution in [-0.4, -0.2) is 54.0 Å². The van der Waals surface area contributed by atoms with Gasteiger partial charge in [0.2, 0.25) is 0 Å². The summed E-state index contributed by atoms with van der Waals surface area (Å²) in [6.07, 6.45) is 6.78. The minimum atomic E-state index is -3.43. The molecule has 3 heterocycles. The highest BCUT2D eigenvalue weighted by atomic mass is 32.2. The lowest BCUT2D eigenvalue weighted by Gasteiger charge is -2.19. The van der Waals surface area contributed by atoms with Crippen LogP contribution in [0.1, 0.15) is 43.8 Å². The van der Waals surface area contributed by atoms with Gasteiger partial charge in [-0.1, -0.05) is 18.1 Å². The summed E-state index contributed by atoms with van der Waals surface area (Å²) in [5.74, 6) is 0. The van der Waals surface area contributed by atoms with Crippen LogP contribution in [0.2, 0.25) is 0 Å². The normalized spacial score (nSPS) is 24.5. The first-order chi connectivity index (χ1) is 10.6. The first-order valence-corrected chi connectivity index (χ1v) is 9.32. The highest BCUT2D eigenvalue weighted by Gasteiger charge is 2.23. The van der Waals surface area contributed by atoms with E-state index in [0.717, 1.165) is 38.7 Å². The van der Waals surface area contributed by atoms with Gasteiger partial charge in [-0.2, -0.15) is 17.4 Å². The van der Waals surface area contributed by atoms with Crippen LogP contribution in [0.5, 0.6) is 0 Å². The third-order valence-electron chi connectivity index (χ3n) is 4.18. The molecule has 3 rings (SSSR count). The molecule has 1 unspecified atom stereocenters. The molecule has 1 aromatic rings. The van der Waals surface area contributed by atoms with E-state index < -0.39 is 10.2 Å². The van der Waals surface area contributed by atoms with Crippen molar-refractivity contribution in [2.45, 2.75) is 44.7 Å². The van der Waals surface area contributed by atoms with Gasteiger partial charge in [-0.05, 0) is 19.3 Å². The van der Waals surface area contributed by atoms with Crippen LogP contribution >= 0.6 is 0 Å². The SMILES string of the molecule is O=S(=O)(NCc1cn(C2CCOC2)nn1)N1CCCCCC1. The zero-order valence-corrected chi connectivity index (χ0v) is 13.5. The molecule has 0 aromatic carbocycles. The molecule has 1 N–H and O–H groups in total. The van der Waals surface area contributed by atoms with Gasteiger partial charge in [0.1, 0.15) is 0 Å². The van der Waals surface area contributed by atoms with Crippen LogP contribution < -0.4 is 4.72 Å². The summed E-state index contributed by atoms with van der Waals surface area (Å²) in [6.45, 7) is 2.75. The molecule has 9 heteroatoms. The fourth-order valence-electron chi connectivity index (χ4n) is 2.84. The van der Waals surface area contributed by atoms with Crippen LogP contribution in [0, 0.1) is 0 Å². The highest BCUT2D eigenvalue weighted by molar-refractivity contribution is 7.87. The highest BCUT2D eigenvalue weighted by Crippen LogP contribution is 2.17. The predicted molar refractivity (Wildman–Crippen MR) is 80.3 cm³/mol. The molecule has 0 amide bonds. The van der Waals surface area contributed by atoms with E-state index in [4.69, 9.17) is 4.74 Å². The van der Waals surface area contributed by atoms with E-state index in [-0.39, 0.29) is 12.6 Å². The first-order valence-electron chi connectivity index (χ1n) is 7.88. The lowest BCUT2D eigenvalue weighted by atomic mass is 10.2. The molecule has 2 aliphatic heterocycles. The molecule has 22 heavy (non-hydrogen) atoms. The van der Waals surface area contributed by atoms with Gasteiger partial charge in [0.15, 0.2) is 0 Å². The summed E-state index contributed by atoms with van der Waals surface area (Å²) < 4.78 is 35.9. The second kappa shape index (κ2) is 7.03. The maximum atomic E-state index is 12.3. The van der Waals surface area contributed by atoms with Gasteiger partial charge in [-0.3, -0.25) is 0 Å². The van der Waals surface area contributed by atoms with Crippen molar-refractivity contribution in [2.75, 3.05) is 26.3 Å². The van der Waals surface area contributed by atoms with E-state index in [2.05, 4.69) is 15.0 Å². The van der Waals surface area contributed by atoms with E-state index in [1.165, 1.54) is 4.31 Å². The van der Waals surface area contributed by atoms with Gasteiger partial charge >= 0.3 is 0 Å². The Morgan fingerprint density at radius 1 is 1.27 bits per heavy atom. The fourth-order valence-corrected chi connectivity index (χ4v) is 4.09. The van der Waals surface area contributed by atoms with E-state index in [1.807, 2.05) is 0 Å². The van der Waals surface area contributed by atoms with Crippen LogP contribution in [0.15, 0.2) is 6.20 Å². The minimum Gasteiger partial charge on any atom is -0.379 e. The van der Waals surface area contributed by atoms with Gasteiger partial charge in [-0.15, -0.1) is 5.10 Å². The molecule has 0 radical (unpaired) electrons. The topological polar surface area (TPSA) is 89.3 Å². The quantitative estimate of drug-likeness (QED) is 0.847. The zero-order valence-electron chi connectivity index (χ0n) is 12.6. The molecule has 0 spiro atoms. The largest absolute Gasteiger partial charge is 0.379 e. The molecule has 2 fully saturated rings. The average Bonchev–Trinajstić information content (AvgIpc) is 3.11. The third-order valence-corrected chi connectivity index (χ3v) is 5.73. The number of nitrogens with zero attached hydrogens (tertiary/aromatic N) is 4. The van der Waals surface area contributed by atoms with Crippen LogP contribution in [0.25, 0.3) is 0 Å². The lowest BCUT2D eigenvalue weighted by molar-refractivity contribution is 0.184. The van der Waals surface area contributed by atoms with Gasteiger partial charge in [-0.25, -0.2) is 4.68 Å². The molecular formula is C13H23N5O3S. The smallest absolute Gasteiger partial charge is 0.279 e. The maximum absolute atomic E-state index is 12.3. The van der Waals surface area contributed by atoms with Crippen molar-refractivity contribution in [1.29, 1.82) is 0 Å². The number of ether oxygens (including phenoxy) is 1. The van der Waals surface area contributed by atoms with Crippen molar-refractivity contribution in [3.05, 3.63) is 11.9 Å². The molecule has 124 valence electrons. The van der Waals surface area contributed by atoms with Crippen molar-refractivity contribution < 1.29 is 13.2 Å². The van der Waals surface area contributed by atoms with Crippen molar-refractivity contribution >= 4 is 10.2 Å². The van der Waals surface area contributed by atoms with Gasteiger partial charge in [0.05, 0.1) is 31.1 Å². The van der Waals surface area contributed by atoms with Gasteiger partial charge in [0.25, 0.3) is 10.2 Å². The standard InChI is InChI=1S/C13H23N5O3S/c19-22(20,17-6-3-1-2-4-7-17)14-9-12-10-18(16-15-12)13-5-8-21-11-13/h10,13-14H,1-9,11H2. The van der Waals surface area contributed by atoms with Crippen LogP contribution in [-0.2, 0) is 21.5 Å². The van der Waals surface area contributed by atoms with Crippen molar-refractivity contribution in [1.82, 2.24) is 24.0 Å². The van der Waals surface area contributed by atoms with E-state index in [9.17, 15) is 8.42 Å². The molecule has 0 saturated carbocycles. The number of nitrogens with one attached hydrogen (secondary N) is 1. The van der Waals surface area contributed by atoms with Crippen LogP contribution in [0.3, 0.4) is 0 Å². The van der Waals surface area contributed by atoms with Crippen molar-refractivity contribution in [2.24, 2.45) is 0 Å². The molecule has 0 bridgehead atoms. The number of hydrogen-bond donors (Lipinski definition) is 1. The maximum Gasteiger partial charge on any atom is 0.279 e. The minimum absolute atomic E-state index is 0.173. The fraction of sp³-hybridized carbons (Fsp3) is 0.846. The van der Waals surface area contributed by atoms with Crippen LogP contribution in [0.4, 0.5) is 0 Å². The number of aromatic nitrogens is 3. The van der Waals surface area contributed by atoms with E-state index in [0.29, 0.717) is 25.4 Å². The summed E-state index contributed by atoms with van der Waals surface area (Å²) in [7, 11) is -3.43. The zero-order chi connectivity index (χ0) is 15.4. The van der Waals surface area contributed by atoms with Gasteiger partial charge < -0.3 is 4.74 Å². The summed E-state index contributed by atoms with van der Waals surface area (Å²) >= 11 is 0.